The quantitative estimate of drug-likeness (QED) is 0.335. The largest absolute Gasteiger partial charge is 0.482 e. The molecule has 3 aliphatic heterocycles. The average Bonchev–Trinajstić information content (AvgIpc) is 3.61. The fraction of sp³-hybridized carbons (Fsp3) is 0.382. The highest BCUT2D eigenvalue weighted by atomic mass is 35.5. The van der Waals surface area contributed by atoms with Gasteiger partial charge < -0.3 is 19.3 Å². The molecule has 45 heavy (non-hydrogen) atoms. The van der Waals surface area contributed by atoms with Crippen LogP contribution in [0.1, 0.15) is 34.8 Å². The second-order valence-corrected chi connectivity index (χ2v) is 12.5. The Hall–Kier alpha value is -3.63. The first-order valence-corrected chi connectivity index (χ1v) is 16.0. The summed E-state index contributed by atoms with van der Waals surface area (Å²) >= 11 is 12.4. The van der Waals surface area contributed by atoms with Gasteiger partial charge in [0, 0.05) is 51.4 Å². The minimum absolute atomic E-state index is 0.0726. The molecule has 11 heteroatoms. The molecule has 0 saturated carbocycles. The second-order valence-electron chi connectivity index (χ2n) is 11.6. The number of hydrogen-bond acceptors (Lipinski definition) is 6. The monoisotopic (exact) mass is 650 g/mol. The predicted molar refractivity (Wildman–Crippen MR) is 174 cm³/mol. The van der Waals surface area contributed by atoms with Gasteiger partial charge in [-0.3, -0.25) is 24.2 Å². The number of ether oxygens (including phenoxy) is 2. The van der Waals surface area contributed by atoms with Crippen molar-refractivity contribution in [3.05, 3.63) is 81.8 Å². The van der Waals surface area contributed by atoms with Crippen molar-refractivity contribution in [3.63, 3.8) is 0 Å². The van der Waals surface area contributed by atoms with Gasteiger partial charge in [-0.1, -0.05) is 59.6 Å². The molecule has 2 fully saturated rings. The molecular weight excluding hydrogens is 615 g/mol. The molecule has 0 aliphatic carbocycles. The van der Waals surface area contributed by atoms with Crippen LogP contribution >= 0.6 is 23.2 Å². The van der Waals surface area contributed by atoms with Gasteiger partial charge in [-0.15, -0.1) is 0 Å². The lowest BCUT2D eigenvalue weighted by atomic mass is 9.98. The van der Waals surface area contributed by atoms with Crippen LogP contribution in [0.15, 0.2) is 60.7 Å². The van der Waals surface area contributed by atoms with E-state index in [9.17, 15) is 14.4 Å². The molecule has 0 N–H and O–H groups in total. The molecule has 3 aliphatic rings. The molecule has 6 rings (SSSR count). The van der Waals surface area contributed by atoms with Gasteiger partial charge in [-0.05, 0) is 47.7 Å². The Morgan fingerprint density at radius 3 is 2.36 bits per heavy atom. The molecule has 3 aromatic carbocycles. The summed E-state index contributed by atoms with van der Waals surface area (Å²) in [4.78, 5) is 47.0. The minimum Gasteiger partial charge on any atom is -0.482 e. The molecule has 3 amide bonds. The third-order valence-corrected chi connectivity index (χ3v) is 9.49. The van der Waals surface area contributed by atoms with Crippen LogP contribution in [-0.2, 0) is 14.3 Å². The van der Waals surface area contributed by atoms with Crippen molar-refractivity contribution >= 4 is 46.6 Å². The van der Waals surface area contributed by atoms with Crippen molar-refractivity contribution in [1.29, 1.82) is 0 Å². The standard InChI is InChI=1S/C34H36Cl2N4O5/c1-37(32(41)21-40-29-18-27(35)28(36)19-31(29)45-22-33(40)42)30(20-38-13-15-44-16-14-38)24-9-7-23(8-10-24)25-5-4-6-26(17-25)34(43)39-11-2-3-12-39/h4-10,17-19,30H,2-3,11-16,20-22H2,1H3. The molecule has 236 valence electrons. The third-order valence-electron chi connectivity index (χ3n) is 8.77. The zero-order valence-electron chi connectivity index (χ0n) is 25.2. The highest BCUT2D eigenvalue weighted by molar-refractivity contribution is 6.42. The Morgan fingerprint density at radius 1 is 0.911 bits per heavy atom. The van der Waals surface area contributed by atoms with Crippen LogP contribution in [0.25, 0.3) is 11.1 Å². The topological polar surface area (TPSA) is 82.6 Å². The van der Waals surface area contributed by atoms with Crippen LogP contribution in [0.4, 0.5) is 5.69 Å². The number of anilines is 1. The number of carbonyl (C=O) groups is 3. The first-order valence-electron chi connectivity index (χ1n) is 15.3. The van der Waals surface area contributed by atoms with Gasteiger partial charge in [0.2, 0.25) is 5.91 Å². The van der Waals surface area contributed by atoms with E-state index in [-0.39, 0.29) is 41.9 Å². The van der Waals surface area contributed by atoms with E-state index in [2.05, 4.69) is 4.90 Å². The van der Waals surface area contributed by atoms with Crippen LogP contribution in [0, 0.1) is 0 Å². The Kier molecular flexibility index (Phi) is 9.61. The number of morpholine rings is 1. The molecule has 0 bridgehead atoms. The van der Waals surface area contributed by atoms with Crippen molar-refractivity contribution in [2.75, 3.05) is 71.0 Å². The van der Waals surface area contributed by atoms with E-state index in [1.807, 2.05) is 53.4 Å². The molecule has 9 nitrogen and oxygen atoms in total. The lowest BCUT2D eigenvalue weighted by Crippen LogP contribution is -2.48. The summed E-state index contributed by atoms with van der Waals surface area (Å²) in [6.07, 6.45) is 2.10. The fourth-order valence-electron chi connectivity index (χ4n) is 6.10. The molecule has 0 aromatic heterocycles. The minimum atomic E-state index is -0.331. The Bertz CT molecular complexity index is 1570. The number of halogens is 2. The summed E-state index contributed by atoms with van der Waals surface area (Å²) < 4.78 is 11.1. The first-order chi connectivity index (χ1) is 21.8. The van der Waals surface area contributed by atoms with Crippen molar-refractivity contribution in [3.8, 4) is 16.9 Å². The first kappa shape index (κ1) is 31.4. The maximum atomic E-state index is 13.8. The Balaban J connectivity index is 1.23. The number of nitrogens with zero attached hydrogens (tertiary/aromatic N) is 4. The number of amides is 3. The SMILES string of the molecule is CN(C(=O)CN1C(=O)COc2cc(Cl)c(Cl)cc21)C(CN1CCOCC1)c1ccc(-c2cccc(C(=O)N3CCCC3)c2)cc1. The van der Waals surface area contributed by atoms with Gasteiger partial charge in [0.05, 0.1) is 35.0 Å². The fourth-order valence-corrected chi connectivity index (χ4v) is 6.41. The van der Waals surface area contributed by atoms with Gasteiger partial charge in [0.25, 0.3) is 11.8 Å². The van der Waals surface area contributed by atoms with Crippen LogP contribution in [0.3, 0.4) is 0 Å². The normalized spacial score (nSPS) is 17.5. The van der Waals surface area contributed by atoms with Gasteiger partial charge >= 0.3 is 0 Å². The second kappa shape index (κ2) is 13.8. The number of rotatable bonds is 8. The van der Waals surface area contributed by atoms with E-state index in [0.717, 1.165) is 55.7 Å². The van der Waals surface area contributed by atoms with Crippen molar-refractivity contribution < 1.29 is 23.9 Å². The Labute approximate surface area is 273 Å². The number of hydrogen-bond donors (Lipinski definition) is 0. The third kappa shape index (κ3) is 6.97. The molecule has 1 unspecified atom stereocenters. The average molecular weight is 652 g/mol. The molecule has 0 radical (unpaired) electrons. The van der Waals surface area contributed by atoms with E-state index >= 15 is 0 Å². The molecule has 0 spiro atoms. The van der Waals surface area contributed by atoms with Crippen LogP contribution in [0.2, 0.25) is 10.0 Å². The maximum absolute atomic E-state index is 13.8. The number of likely N-dealkylation sites (tertiary alicyclic amines) is 1. The molecule has 2 saturated heterocycles. The summed E-state index contributed by atoms with van der Waals surface area (Å²) in [5.74, 6) is -0.0746. The van der Waals surface area contributed by atoms with Crippen LogP contribution < -0.4 is 9.64 Å². The van der Waals surface area contributed by atoms with Crippen molar-refractivity contribution in [1.82, 2.24) is 14.7 Å². The zero-order chi connectivity index (χ0) is 31.5. The zero-order valence-corrected chi connectivity index (χ0v) is 26.7. The summed E-state index contributed by atoms with van der Waals surface area (Å²) in [7, 11) is 1.77. The van der Waals surface area contributed by atoms with Gasteiger partial charge in [0.1, 0.15) is 12.3 Å². The summed E-state index contributed by atoms with van der Waals surface area (Å²) in [5.41, 5.74) is 4.02. The highest BCUT2D eigenvalue weighted by Gasteiger charge is 2.32. The van der Waals surface area contributed by atoms with Gasteiger partial charge in [0.15, 0.2) is 6.61 Å². The number of likely N-dealkylation sites (N-methyl/N-ethyl adjacent to an activating group) is 1. The predicted octanol–water partition coefficient (Wildman–Crippen LogP) is 5.15. The molecule has 1 atom stereocenters. The molecule has 3 heterocycles. The summed E-state index contributed by atoms with van der Waals surface area (Å²) in [5, 5.41) is 0.586. The summed E-state index contributed by atoms with van der Waals surface area (Å²) in [6, 6.07) is 18.7. The lowest BCUT2D eigenvalue weighted by Gasteiger charge is -2.37. The Morgan fingerprint density at radius 2 is 1.62 bits per heavy atom. The highest BCUT2D eigenvalue weighted by Crippen LogP contribution is 2.39. The van der Waals surface area contributed by atoms with E-state index in [1.165, 1.54) is 4.90 Å². The lowest BCUT2D eigenvalue weighted by molar-refractivity contribution is -0.133. The van der Waals surface area contributed by atoms with Gasteiger partial charge in [-0.2, -0.15) is 0 Å². The molecule has 3 aromatic rings. The van der Waals surface area contributed by atoms with E-state index in [0.29, 0.717) is 41.8 Å². The van der Waals surface area contributed by atoms with Crippen LogP contribution in [-0.4, -0.2) is 98.6 Å². The van der Waals surface area contributed by atoms with Crippen molar-refractivity contribution in [2.24, 2.45) is 0 Å². The summed E-state index contributed by atoms with van der Waals surface area (Å²) in [6.45, 7) is 4.68. The van der Waals surface area contributed by atoms with Crippen LogP contribution in [0.5, 0.6) is 5.75 Å². The van der Waals surface area contributed by atoms with Gasteiger partial charge in [-0.25, -0.2) is 0 Å². The number of fused-ring (bicyclic) bond motifs is 1. The number of carbonyl (C=O) groups excluding carboxylic acids is 3. The van der Waals surface area contributed by atoms with E-state index in [1.54, 1.807) is 24.1 Å². The van der Waals surface area contributed by atoms with Crippen molar-refractivity contribution in [2.45, 2.75) is 18.9 Å². The smallest absolute Gasteiger partial charge is 0.265 e. The number of benzene rings is 3. The van der Waals surface area contributed by atoms with E-state index in [4.69, 9.17) is 32.7 Å². The molecular formula is C34H36Cl2N4O5. The maximum Gasteiger partial charge on any atom is 0.265 e. The van der Waals surface area contributed by atoms with E-state index < -0.39 is 0 Å².